The van der Waals surface area contributed by atoms with Crippen LogP contribution >= 0.6 is 0 Å². The van der Waals surface area contributed by atoms with Crippen molar-refractivity contribution in [3.63, 3.8) is 0 Å². The minimum atomic E-state index is 0. The van der Waals surface area contributed by atoms with E-state index in [4.69, 9.17) is 0 Å². The summed E-state index contributed by atoms with van der Waals surface area (Å²) in [6, 6.07) is 5.76. The maximum Gasteiger partial charge on any atom is 1.00 e. The van der Waals surface area contributed by atoms with Crippen LogP contribution in [0.5, 0.6) is 0 Å². The standard InChI is InChI=1S/C13H16NO.C6H13N.Li/c1-10(15)9-11-4-6-12-3-2-8-14-13(12)7-5-11;1-5(2)7-6(3)4;/h2,8,11H,4-7,9H2,1H3;5-7H,1,3H2,2,4H3;/q-1;-2;+1/t;5-,6+;. The molecule has 0 aromatic carbocycles. The second kappa shape index (κ2) is 11.8. The summed E-state index contributed by atoms with van der Waals surface area (Å²) in [6.07, 6.45) is 6.77. The minimum absolute atomic E-state index is 0. The molecular formula is C19H29LiN2O-2. The Kier molecular flexibility index (Phi) is 11.5. The molecule has 0 bridgehead atoms. The summed E-state index contributed by atoms with van der Waals surface area (Å²) in [6.45, 7) is 13.1. The normalized spacial score (nSPS) is 19.1. The second-order valence-electron chi connectivity index (χ2n) is 6.33. The van der Waals surface area contributed by atoms with Gasteiger partial charge in [-0.15, -0.1) is 17.6 Å². The van der Waals surface area contributed by atoms with Crippen LogP contribution in [0.3, 0.4) is 0 Å². The van der Waals surface area contributed by atoms with Gasteiger partial charge in [0, 0.05) is 6.42 Å². The van der Waals surface area contributed by atoms with E-state index in [9.17, 15) is 4.79 Å². The first kappa shape index (κ1) is 22.4. The maximum absolute atomic E-state index is 11.1. The summed E-state index contributed by atoms with van der Waals surface area (Å²) in [5, 5.41) is 3.08. The number of Topliss-reactive ketones (excluding diaryl/α,β-unsaturated/α-hetero) is 1. The first-order valence-corrected chi connectivity index (χ1v) is 8.14. The van der Waals surface area contributed by atoms with Crippen LogP contribution in [0, 0.1) is 25.8 Å². The zero-order valence-electron chi connectivity index (χ0n) is 15.2. The fourth-order valence-corrected chi connectivity index (χ4v) is 2.79. The summed E-state index contributed by atoms with van der Waals surface area (Å²) < 4.78 is 0. The van der Waals surface area contributed by atoms with Gasteiger partial charge in [0.1, 0.15) is 5.78 Å². The number of carbonyl (C=O) groups excluding carboxylic acids is 1. The number of fused-ring (bicyclic) bond motifs is 1. The molecule has 23 heavy (non-hydrogen) atoms. The molecule has 1 aliphatic rings. The quantitative estimate of drug-likeness (QED) is 0.497. The van der Waals surface area contributed by atoms with E-state index in [1.807, 2.05) is 26.1 Å². The molecule has 1 aliphatic carbocycles. The van der Waals surface area contributed by atoms with Gasteiger partial charge in [-0.1, -0.05) is 38.6 Å². The molecule has 1 unspecified atom stereocenters. The second-order valence-corrected chi connectivity index (χ2v) is 6.33. The maximum atomic E-state index is 11.1. The molecule has 1 aromatic rings. The number of rotatable bonds is 4. The molecule has 0 spiro atoms. The number of nitrogens with zero attached hydrogens (tertiary/aromatic N) is 1. The Balaban J connectivity index is 0.000000522. The van der Waals surface area contributed by atoms with Gasteiger partial charge in [0.2, 0.25) is 0 Å². The zero-order valence-corrected chi connectivity index (χ0v) is 15.2. The van der Waals surface area contributed by atoms with Gasteiger partial charge in [0.25, 0.3) is 0 Å². The Morgan fingerprint density at radius 2 is 1.96 bits per heavy atom. The molecule has 4 heteroatoms. The summed E-state index contributed by atoms with van der Waals surface area (Å²) in [5.41, 5.74) is 2.44. The topological polar surface area (TPSA) is 42.0 Å². The van der Waals surface area contributed by atoms with E-state index in [0.717, 1.165) is 32.1 Å². The average Bonchev–Trinajstić information content (AvgIpc) is 2.60. The third-order valence-electron chi connectivity index (χ3n) is 3.65. The predicted molar refractivity (Wildman–Crippen MR) is 91.3 cm³/mol. The van der Waals surface area contributed by atoms with Gasteiger partial charge >= 0.3 is 18.9 Å². The van der Waals surface area contributed by atoms with E-state index in [1.165, 1.54) is 11.3 Å². The van der Waals surface area contributed by atoms with E-state index < -0.39 is 0 Å². The van der Waals surface area contributed by atoms with E-state index in [1.54, 1.807) is 6.92 Å². The van der Waals surface area contributed by atoms with E-state index in [-0.39, 0.29) is 18.9 Å². The number of ketones is 1. The van der Waals surface area contributed by atoms with Crippen LogP contribution in [0.1, 0.15) is 51.3 Å². The van der Waals surface area contributed by atoms with Crippen LogP contribution in [0.25, 0.3) is 0 Å². The van der Waals surface area contributed by atoms with E-state index in [0.29, 0.717) is 23.8 Å². The summed E-state index contributed by atoms with van der Waals surface area (Å²) >= 11 is 0. The monoisotopic (exact) mass is 308 g/mol. The molecular weight excluding hydrogens is 279 g/mol. The Hall–Kier alpha value is -0.623. The third-order valence-corrected chi connectivity index (χ3v) is 3.65. The van der Waals surface area contributed by atoms with Gasteiger partial charge in [0.15, 0.2) is 0 Å². The molecule has 0 saturated carbocycles. The van der Waals surface area contributed by atoms with Crippen LogP contribution in [0.15, 0.2) is 12.3 Å². The van der Waals surface area contributed by atoms with Crippen molar-refractivity contribution in [1.82, 2.24) is 10.3 Å². The van der Waals surface area contributed by atoms with Crippen LogP contribution in [-0.2, 0) is 17.6 Å². The molecule has 0 radical (unpaired) electrons. The Labute approximate surface area is 154 Å². The van der Waals surface area contributed by atoms with Crippen molar-refractivity contribution in [1.29, 1.82) is 0 Å². The van der Waals surface area contributed by atoms with Gasteiger partial charge in [-0.2, -0.15) is 12.1 Å². The van der Waals surface area contributed by atoms with Crippen molar-refractivity contribution in [2.45, 2.75) is 65.0 Å². The first-order chi connectivity index (χ1) is 10.4. The van der Waals surface area contributed by atoms with Gasteiger partial charge in [-0.3, -0.25) is 0 Å². The summed E-state index contributed by atoms with van der Waals surface area (Å²) in [5.74, 6) is 0.855. The van der Waals surface area contributed by atoms with Crippen LogP contribution < -0.4 is 24.2 Å². The predicted octanol–water partition coefficient (Wildman–Crippen LogP) is 0.381. The summed E-state index contributed by atoms with van der Waals surface area (Å²) in [4.78, 5) is 15.5. The molecule has 0 amide bonds. The number of carbonyl (C=O) groups is 1. The number of pyridine rings is 1. The van der Waals surface area contributed by atoms with Crippen molar-refractivity contribution in [2.75, 3.05) is 0 Å². The Morgan fingerprint density at radius 3 is 2.48 bits per heavy atom. The number of aromatic nitrogens is 1. The van der Waals surface area contributed by atoms with Crippen molar-refractivity contribution < 1.29 is 23.7 Å². The number of hydrogen-bond acceptors (Lipinski definition) is 3. The third kappa shape index (κ3) is 9.97. The molecule has 0 fully saturated rings. The first-order valence-electron chi connectivity index (χ1n) is 8.14. The number of hydrogen-bond donors (Lipinski definition) is 1. The van der Waals surface area contributed by atoms with Crippen LogP contribution in [-0.4, -0.2) is 22.9 Å². The van der Waals surface area contributed by atoms with Crippen molar-refractivity contribution >= 4 is 5.78 Å². The zero-order chi connectivity index (χ0) is 16.5. The fourth-order valence-electron chi connectivity index (χ4n) is 2.79. The molecule has 3 nitrogen and oxygen atoms in total. The van der Waals surface area contributed by atoms with Crippen LogP contribution in [0.4, 0.5) is 0 Å². The fraction of sp³-hybridized carbons (Fsp3) is 0.579. The molecule has 1 heterocycles. The molecule has 0 aliphatic heterocycles. The average molecular weight is 308 g/mol. The van der Waals surface area contributed by atoms with Crippen LogP contribution in [0.2, 0.25) is 0 Å². The Morgan fingerprint density at radius 1 is 1.35 bits per heavy atom. The number of aryl methyl sites for hydroxylation is 2. The van der Waals surface area contributed by atoms with E-state index in [2.05, 4.69) is 30.2 Å². The SMILES string of the molecule is CC(=O)CC1CCc2[c-]ccnc2CC1.[CH2-][C@H](C)N[C@@H]([CH2-])C.[Li+]. The van der Waals surface area contributed by atoms with Gasteiger partial charge in [-0.05, 0) is 25.7 Å². The molecule has 3 atom stereocenters. The largest absolute Gasteiger partial charge is 1.00 e. The number of nitrogens with one attached hydrogen (secondary N) is 1. The molecule has 2 rings (SSSR count). The molecule has 124 valence electrons. The van der Waals surface area contributed by atoms with Gasteiger partial charge in [-0.25, -0.2) is 0 Å². The van der Waals surface area contributed by atoms with E-state index >= 15 is 0 Å². The van der Waals surface area contributed by atoms with Gasteiger partial charge in [0.05, 0.1) is 0 Å². The van der Waals surface area contributed by atoms with Crippen molar-refractivity contribution in [3.8, 4) is 0 Å². The summed E-state index contributed by atoms with van der Waals surface area (Å²) in [7, 11) is 0. The Bertz CT molecular complexity index is 427. The van der Waals surface area contributed by atoms with Crippen molar-refractivity contribution in [2.24, 2.45) is 5.92 Å². The van der Waals surface area contributed by atoms with Crippen molar-refractivity contribution in [3.05, 3.63) is 43.4 Å². The smallest absolute Gasteiger partial charge is 0.387 e. The molecule has 1 aromatic heterocycles. The molecule has 0 saturated heterocycles. The minimum Gasteiger partial charge on any atom is -0.387 e. The van der Waals surface area contributed by atoms with Gasteiger partial charge < -0.3 is 28.9 Å². The molecule has 1 N–H and O–H groups in total.